The number of amides is 1. The lowest BCUT2D eigenvalue weighted by atomic mass is 10.1. The Kier molecular flexibility index (Phi) is 5.92. The molecule has 0 aliphatic carbocycles. The molecule has 0 bridgehead atoms. The maximum Gasteiger partial charge on any atom is 0.418 e. The van der Waals surface area contributed by atoms with Crippen molar-refractivity contribution < 1.29 is 18.0 Å². The van der Waals surface area contributed by atoms with Crippen LogP contribution < -0.4 is 20.9 Å². The van der Waals surface area contributed by atoms with E-state index in [-0.39, 0.29) is 22.9 Å². The minimum Gasteiger partial charge on any atom is -0.378 e. The third-order valence-corrected chi connectivity index (χ3v) is 5.34. The summed E-state index contributed by atoms with van der Waals surface area (Å²) in [4.78, 5) is 18.9. The van der Waals surface area contributed by atoms with Gasteiger partial charge in [-0.2, -0.15) is 18.3 Å². The monoisotopic (exact) mass is 447 g/mol. The van der Waals surface area contributed by atoms with Crippen molar-refractivity contribution >= 4 is 28.7 Å². The van der Waals surface area contributed by atoms with Crippen molar-refractivity contribution in [2.24, 2.45) is 0 Å². The number of carbonyl (C=O) groups is 1. The summed E-state index contributed by atoms with van der Waals surface area (Å²) in [6.45, 7) is 1.79. The van der Waals surface area contributed by atoms with Crippen molar-refractivity contribution in [1.29, 1.82) is 0 Å². The second-order valence-electron chi connectivity index (χ2n) is 7.90. The average Bonchev–Trinajstić information content (AvgIpc) is 3.17. The Labute approximate surface area is 182 Å². The normalized spacial score (nSPS) is 16.7. The summed E-state index contributed by atoms with van der Waals surface area (Å²) >= 11 is 0. The van der Waals surface area contributed by atoms with Gasteiger partial charge in [0.2, 0.25) is 0 Å². The lowest BCUT2D eigenvalue weighted by molar-refractivity contribution is -0.136. The number of nitrogens with zero attached hydrogens (tertiary/aromatic N) is 4. The Morgan fingerprint density at radius 2 is 2.09 bits per heavy atom. The van der Waals surface area contributed by atoms with Gasteiger partial charge in [-0.25, -0.2) is 9.50 Å². The summed E-state index contributed by atoms with van der Waals surface area (Å²) < 4.78 is 42.2. The molecule has 0 saturated carbocycles. The molecule has 3 aromatic rings. The minimum atomic E-state index is -4.63. The van der Waals surface area contributed by atoms with Gasteiger partial charge in [0.1, 0.15) is 11.4 Å². The summed E-state index contributed by atoms with van der Waals surface area (Å²) in [6, 6.07) is 5.73. The zero-order valence-electron chi connectivity index (χ0n) is 17.7. The summed E-state index contributed by atoms with van der Waals surface area (Å²) in [5.74, 6) is -0.140. The number of carbonyl (C=O) groups excluding carboxylic acids is 1. The molecule has 0 unspecified atom stereocenters. The van der Waals surface area contributed by atoms with Crippen LogP contribution in [0.4, 0.5) is 30.4 Å². The van der Waals surface area contributed by atoms with Gasteiger partial charge in [0.15, 0.2) is 5.65 Å². The van der Waals surface area contributed by atoms with E-state index in [1.165, 1.54) is 22.8 Å². The van der Waals surface area contributed by atoms with Crippen molar-refractivity contribution in [2.75, 3.05) is 42.7 Å². The van der Waals surface area contributed by atoms with Crippen molar-refractivity contribution in [1.82, 2.24) is 19.9 Å². The highest BCUT2D eigenvalue weighted by atomic mass is 19.4. The molecule has 2 aromatic heterocycles. The molecule has 32 heavy (non-hydrogen) atoms. The molecule has 170 valence electrons. The summed E-state index contributed by atoms with van der Waals surface area (Å²) in [7, 11) is 3.29. The van der Waals surface area contributed by atoms with Gasteiger partial charge in [-0.05, 0) is 43.7 Å². The molecule has 3 N–H and O–H groups in total. The Balaban J connectivity index is 1.61. The molecular formula is C21H24F3N7O. The van der Waals surface area contributed by atoms with Gasteiger partial charge < -0.3 is 20.9 Å². The van der Waals surface area contributed by atoms with Crippen molar-refractivity contribution in [3.05, 3.63) is 47.8 Å². The van der Waals surface area contributed by atoms with Crippen molar-refractivity contribution in [2.45, 2.75) is 25.1 Å². The maximum atomic E-state index is 13.6. The Hall–Kier alpha value is -3.34. The molecule has 1 aliphatic heterocycles. The zero-order valence-corrected chi connectivity index (χ0v) is 17.7. The first-order valence-electron chi connectivity index (χ1n) is 10.2. The van der Waals surface area contributed by atoms with Crippen LogP contribution in [0.1, 0.15) is 28.8 Å². The van der Waals surface area contributed by atoms with E-state index in [0.29, 0.717) is 11.5 Å². The topological polar surface area (TPSA) is 86.6 Å². The standard InChI is InChI=1S/C21H24F3N7O/c1-30(2)14-5-6-17(16(10-14)21(22,23)24)28-20(32)15-12-26-31-9-7-18(29-19(15)31)27-13-4-3-8-25-11-13/h5-7,9-10,12-13,25H,3-4,8,11H2,1-2H3,(H,27,29)(H,28,32)/t13-/m1/s1. The van der Waals surface area contributed by atoms with Gasteiger partial charge in [-0.15, -0.1) is 0 Å². The van der Waals surface area contributed by atoms with Gasteiger partial charge in [0, 0.05) is 38.6 Å². The molecule has 11 heteroatoms. The maximum absolute atomic E-state index is 13.6. The summed E-state index contributed by atoms with van der Waals surface area (Å²) in [5, 5.41) is 13.1. The molecular weight excluding hydrogens is 423 g/mol. The number of aromatic nitrogens is 3. The summed E-state index contributed by atoms with van der Waals surface area (Å²) in [6.07, 6.45) is 0.374. The van der Waals surface area contributed by atoms with E-state index in [1.54, 1.807) is 31.3 Å². The van der Waals surface area contributed by atoms with Crippen LogP contribution in [0.2, 0.25) is 0 Å². The molecule has 1 aliphatic rings. The highest BCUT2D eigenvalue weighted by Crippen LogP contribution is 2.37. The predicted molar refractivity (Wildman–Crippen MR) is 116 cm³/mol. The molecule has 4 rings (SSSR count). The first-order valence-corrected chi connectivity index (χ1v) is 10.2. The predicted octanol–water partition coefficient (Wildman–Crippen LogP) is 3.23. The molecule has 1 fully saturated rings. The van der Waals surface area contributed by atoms with Gasteiger partial charge in [0.25, 0.3) is 5.91 Å². The molecule has 0 spiro atoms. The Bertz CT molecular complexity index is 1120. The van der Waals surface area contributed by atoms with Crippen LogP contribution in [-0.2, 0) is 6.18 Å². The lowest BCUT2D eigenvalue weighted by Crippen LogP contribution is -2.38. The van der Waals surface area contributed by atoms with E-state index in [0.717, 1.165) is 32.0 Å². The molecule has 3 heterocycles. The molecule has 0 radical (unpaired) electrons. The number of hydrogen-bond donors (Lipinski definition) is 3. The molecule has 1 saturated heterocycles. The highest BCUT2D eigenvalue weighted by Gasteiger charge is 2.34. The van der Waals surface area contributed by atoms with Crippen LogP contribution in [0.15, 0.2) is 36.7 Å². The van der Waals surface area contributed by atoms with E-state index in [2.05, 4.69) is 26.0 Å². The van der Waals surface area contributed by atoms with Crippen LogP contribution in [0.3, 0.4) is 0 Å². The second-order valence-corrected chi connectivity index (χ2v) is 7.90. The van der Waals surface area contributed by atoms with E-state index in [4.69, 9.17) is 0 Å². The smallest absolute Gasteiger partial charge is 0.378 e. The number of alkyl halides is 3. The van der Waals surface area contributed by atoms with Gasteiger partial charge in [-0.3, -0.25) is 4.79 Å². The molecule has 1 amide bonds. The Morgan fingerprint density at radius 1 is 1.28 bits per heavy atom. The fraction of sp³-hybridized carbons (Fsp3) is 0.381. The summed E-state index contributed by atoms with van der Waals surface area (Å²) in [5.41, 5.74) is -0.528. The van der Waals surface area contributed by atoms with Gasteiger partial charge >= 0.3 is 6.18 Å². The first kappa shape index (κ1) is 21.9. The Morgan fingerprint density at radius 3 is 2.78 bits per heavy atom. The van der Waals surface area contributed by atoms with Crippen molar-refractivity contribution in [3.8, 4) is 0 Å². The van der Waals surface area contributed by atoms with Crippen molar-refractivity contribution in [3.63, 3.8) is 0 Å². The first-order chi connectivity index (χ1) is 15.2. The second kappa shape index (κ2) is 8.65. The van der Waals surface area contributed by atoms with E-state index >= 15 is 0 Å². The van der Waals surface area contributed by atoms with Gasteiger partial charge in [0.05, 0.1) is 17.4 Å². The number of hydrogen-bond acceptors (Lipinski definition) is 6. The number of fused-ring (bicyclic) bond motifs is 1. The fourth-order valence-corrected chi connectivity index (χ4v) is 3.64. The van der Waals surface area contributed by atoms with E-state index < -0.39 is 17.6 Å². The SMILES string of the molecule is CN(C)c1ccc(NC(=O)c2cnn3ccc(N[C@@H]4CCCNC4)nc23)c(C(F)(F)F)c1. The zero-order chi connectivity index (χ0) is 22.9. The van der Waals surface area contributed by atoms with E-state index in [9.17, 15) is 18.0 Å². The number of rotatable bonds is 5. The largest absolute Gasteiger partial charge is 0.418 e. The van der Waals surface area contributed by atoms with Gasteiger partial charge in [-0.1, -0.05) is 0 Å². The fourth-order valence-electron chi connectivity index (χ4n) is 3.64. The third kappa shape index (κ3) is 4.62. The number of benzene rings is 1. The highest BCUT2D eigenvalue weighted by molar-refractivity contribution is 6.08. The van der Waals surface area contributed by atoms with Crippen LogP contribution in [0.5, 0.6) is 0 Å². The number of anilines is 3. The van der Waals surface area contributed by atoms with Crippen LogP contribution in [-0.4, -0.2) is 53.7 Å². The van der Waals surface area contributed by atoms with Crippen LogP contribution >= 0.6 is 0 Å². The minimum absolute atomic E-state index is 0.0835. The number of piperidine rings is 1. The third-order valence-electron chi connectivity index (χ3n) is 5.34. The van der Waals surface area contributed by atoms with E-state index in [1.807, 2.05) is 0 Å². The van der Waals surface area contributed by atoms with Crippen LogP contribution in [0, 0.1) is 0 Å². The average molecular weight is 447 g/mol. The lowest BCUT2D eigenvalue weighted by Gasteiger charge is -2.24. The molecule has 1 atom stereocenters. The quantitative estimate of drug-likeness (QED) is 0.557. The molecule has 1 aromatic carbocycles. The number of nitrogens with one attached hydrogen (secondary N) is 3. The molecule has 8 nitrogen and oxygen atoms in total. The number of halogens is 3. The van der Waals surface area contributed by atoms with Crippen LogP contribution in [0.25, 0.3) is 5.65 Å².